The van der Waals surface area contributed by atoms with E-state index >= 15 is 0 Å². The topological polar surface area (TPSA) is 103 Å². The number of aromatic amines is 1. The minimum Gasteiger partial charge on any atom is -0.468 e. The molecule has 1 aliphatic rings. The summed E-state index contributed by atoms with van der Waals surface area (Å²) in [5.41, 5.74) is -0.121. The first-order valence-electron chi connectivity index (χ1n) is 7.88. The van der Waals surface area contributed by atoms with Gasteiger partial charge >= 0.3 is 0 Å². The van der Waals surface area contributed by atoms with Crippen molar-refractivity contribution >= 4 is 5.91 Å². The van der Waals surface area contributed by atoms with E-state index in [1.54, 1.807) is 11.2 Å². The summed E-state index contributed by atoms with van der Waals surface area (Å²) < 4.78 is 5.39. The Balaban J connectivity index is 1.68. The molecule has 3 heterocycles. The molecule has 0 radical (unpaired) electrons. The molecule has 2 aromatic heterocycles. The average Bonchev–Trinajstić information content (AvgIpc) is 3.10. The first kappa shape index (κ1) is 16.4. The quantitative estimate of drug-likeness (QED) is 0.803. The van der Waals surface area contributed by atoms with Crippen molar-refractivity contribution in [3.8, 4) is 0 Å². The standard InChI is InChI=1S/C16H20N4O4/c21-6-3-12-10-20(16(23)14-8-18-15(22)9-17-14)5-4-19(12)11-13-2-1-7-24-13/h1-2,7-9,12,21H,3-6,10-11H2,(H,18,22)/t12-/m0/s1. The molecule has 8 heteroatoms. The Hall–Kier alpha value is -2.45. The fourth-order valence-corrected chi connectivity index (χ4v) is 2.93. The van der Waals surface area contributed by atoms with Crippen LogP contribution in [0.25, 0.3) is 0 Å². The van der Waals surface area contributed by atoms with Crippen LogP contribution in [0.1, 0.15) is 22.7 Å². The number of aromatic nitrogens is 2. The highest BCUT2D eigenvalue weighted by Crippen LogP contribution is 2.18. The van der Waals surface area contributed by atoms with Crippen molar-refractivity contribution in [2.75, 3.05) is 26.2 Å². The third-order valence-corrected chi connectivity index (χ3v) is 4.18. The molecule has 0 spiro atoms. The number of aliphatic hydroxyl groups excluding tert-OH is 1. The molecule has 2 N–H and O–H groups in total. The van der Waals surface area contributed by atoms with Crippen LogP contribution in [0.3, 0.4) is 0 Å². The zero-order valence-corrected chi connectivity index (χ0v) is 13.2. The SMILES string of the molecule is O=C(c1c[nH]c(=O)cn1)N1CCN(Cc2ccco2)[C@@H](CCO)C1. The summed E-state index contributed by atoms with van der Waals surface area (Å²) in [7, 11) is 0. The number of H-pyrrole nitrogens is 1. The van der Waals surface area contributed by atoms with Crippen LogP contribution >= 0.6 is 0 Å². The molecule has 2 aromatic rings. The molecular weight excluding hydrogens is 312 g/mol. The van der Waals surface area contributed by atoms with Crippen molar-refractivity contribution in [3.05, 3.63) is 52.6 Å². The van der Waals surface area contributed by atoms with Crippen LogP contribution in [0.5, 0.6) is 0 Å². The van der Waals surface area contributed by atoms with Gasteiger partial charge in [-0.1, -0.05) is 0 Å². The normalized spacial score (nSPS) is 18.7. The summed E-state index contributed by atoms with van der Waals surface area (Å²) >= 11 is 0. The van der Waals surface area contributed by atoms with Gasteiger partial charge in [-0.2, -0.15) is 0 Å². The van der Waals surface area contributed by atoms with Crippen molar-refractivity contribution in [1.82, 2.24) is 19.8 Å². The van der Waals surface area contributed by atoms with Crippen LogP contribution < -0.4 is 5.56 Å². The number of hydrogen-bond donors (Lipinski definition) is 2. The second-order valence-electron chi connectivity index (χ2n) is 5.76. The first-order chi connectivity index (χ1) is 11.7. The molecule has 0 aromatic carbocycles. The largest absolute Gasteiger partial charge is 0.468 e. The molecule has 24 heavy (non-hydrogen) atoms. The van der Waals surface area contributed by atoms with Crippen molar-refractivity contribution in [2.24, 2.45) is 0 Å². The number of hydrogen-bond acceptors (Lipinski definition) is 6. The minimum atomic E-state index is -0.340. The number of amides is 1. The van der Waals surface area contributed by atoms with Gasteiger partial charge in [-0.3, -0.25) is 14.5 Å². The van der Waals surface area contributed by atoms with Gasteiger partial charge in [-0.15, -0.1) is 0 Å². The Morgan fingerprint density at radius 3 is 3.00 bits per heavy atom. The van der Waals surface area contributed by atoms with E-state index in [0.29, 0.717) is 32.6 Å². The molecular formula is C16H20N4O4. The summed E-state index contributed by atoms with van der Waals surface area (Å²) in [5.74, 6) is 0.645. The summed E-state index contributed by atoms with van der Waals surface area (Å²) in [5, 5.41) is 9.33. The van der Waals surface area contributed by atoms with E-state index in [4.69, 9.17) is 4.42 Å². The fraction of sp³-hybridized carbons (Fsp3) is 0.438. The Kier molecular flexibility index (Phi) is 5.07. The van der Waals surface area contributed by atoms with Crippen molar-refractivity contribution in [3.63, 3.8) is 0 Å². The van der Waals surface area contributed by atoms with Gasteiger partial charge in [0.05, 0.1) is 19.0 Å². The van der Waals surface area contributed by atoms with E-state index in [2.05, 4.69) is 14.9 Å². The lowest BCUT2D eigenvalue weighted by Crippen LogP contribution is -2.54. The predicted molar refractivity (Wildman–Crippen MR) is 85.4 cm³/mol. The maximum absolute atomic E-state index is 12.5. The predicted octanol–water partition coefficient (Wildman–Crippen LogP) is 0.0719. The van der Waals surface area contributed by atoms with Gasteiger partial charge in [0.15, 0.2) is 0 Å². The van der Waals surface area contributed by atoms with E-state index in [1.807, 2.05) is 12.1 Å². The molecule has 128 valence electrons. The van der Waals surface area contributed by atoms with Gasteiger partial charge in [-0.05, 0) is 18.6 Å². The lowest BCUT2D eigenvalue weighted by Gasteiger charge is -2.40. The lowest BCUT2D eigenvalue weighted by molar-refractivity contribution is 0.0368. The molecule has 1 amide bonds. The summed E-state index contributed by atoms with van der Waals surface area (Å²) in [6.45, 7) is 2.44. The van der Waals surface area contributed by atoms with Gasteiger partial charge in [0.25, 0.3) is 11.5 Å². The summed E-state index contributed by atoms with van der Waals surface area (Å²) in [4.78, 5) is 33.9. The Labute approximate surface area is 138 Å². The molecule has 0 saturated carbocycles. The first-order valence-corrected chi connectivity index (χ1v) is 7.88. The van der Waals surface area contributed by atoms with Gasteiger partial charge in [0.1, 0.15) is 11.5 Å². The number of carbonyl (C=O) groups is 1. The van der Waals surface area contributed by atoms with E-state index in [-0.39, 0.29) is 29.8 Å². The van der Waals surface area contributed by atoms with Crippen LogP contribution in [-0.2, 0) is 6.54 Å². The zero-order valence-electron chi connectivity index (χ0n) is 13.2. The Bertz CT molecular complexity index is 707. The second kappa shape index (κ2) is 7.41. The van der Waals surface area contributed by atoms with Crippen molar-refractivity contribution < 1.29 is 14.3 Å². The number of piperazine rings is 1. The number of aliphatic hydroxyl groups is 1. The van der Waals surface area contributed by atoms with E-state index < -0.39 is 0 Å². The highest BCUT2D eigenvalue weighted by atomic mass is 16.3. The molecule has 8 nitrogen and oxygen atoms in total. The third-order valence-electron chi connectivity index (χ3n) is 4.18. The second-order valence-corrected chi connectivity index (χ2v) is 5.76. The number of furan rings is 1. The molecule has 1 aliphatic heterocycles. The third kappa shape index (κ3) is 3.72. The van der Waals surface area contributed by atoms with Crippen LogP contribution in [0, 0.1) is 0 Å². The number of carbonyl (C=O) groups excluding carboxylic acids is 1. The van der Waals surface area contributed by atoms with Crippen LogP contribution in [0.2, 0.25) is 0 Å². The van der Waals surface area contributed by atoms with Gasteiger partial charge in [0, 0.05) is 38.5 Å². The molecule has 3 rings (SSSR count). The van der Waals surface area contributed by atoms with Crippen molar-refractivity contribution in [1.29, 1.82) is 0 Å². The number of nitrogens with one attached hydrogen (secondary N) is 1. The van der Waals surface area contributed by atoms with Crippen LogP contribution in [0.15, 0.2) is 40.0 Å². The zero-order chi connectivity index (χ0) is 16.9. The van der Waals surface area contributed by atoms with E-state index in [1.165, 1.54) is 6.20 Å². The molecule has 1 fully saturated rings. The average molecular weight is 332 g/mol. The molecule has 1 saturated heterocycles. The van der Waals surface area contributed by atoms with E-state index in [9.17, 15) is 14.7 Å². The highest BCUT2D eigenvalue weighted by Gasteiger charge is 2.30. The van der Waals surface area contributed by atoms with Gasteiger partial charge in [0.2, 0.25) is 0 Å². The van der Waals surface area contributed by atoms with Gasteiger partial charge in [-0.25, -0.2) is 4.98 Å². The monoisotopic (exact) mass is 332 g/mol. The highest BCUT2D eigenvalue weighted by molar-refractivity contribution is 5.92. The minimum absolute atomic E-state index is 0.0422. The summed E-state index contributed by atoms with van der Waals surface area (Å²) in [6, 6.07) is 3.80. The van der Waals surface area contributed by atoms with Crippen LogP contribution in [-0.4, -0.2) is 63.1 Å². The van der Waals surface area contributed by atoms with Crippen molar-refractivity contribution in [2.45, 2.75) is 19.0 Å². The number of nitrogens with zero attached hydrogens (tertiary/aromatic N) is 3. The Morgan fingerprint density at radius 1 is 1.46 bits per heavy atom. The molecule has 0 bridgehead atoms. The molecule has 0 aliphatic carbocycles. The van der Waals surface area contributed by atoms with E-state index in [0.717, 1.165) is 12.0 Å². The maximum Gasteiger partial charge on any atom is 0.274 e. The summed E-state index contributed by atoms with van der Waals surface area (Å²) in [6.07, 6.45) is 4.65. The molecule has 0 unspecified atom stereocenters. The van der Waals surface area contributed by atoms with Crippen LogP contribution in [0.4, 0.5) is 0 Å². The number of rotatable bonds is 5. The molecule has 1 atom stereocenters. The fourth-order valence-electron chi connectivity index (χ4n) is 2.93. The smallest absolute Gasteiger partial charge is 0.274 e. The maximum atomic E-state index is 12.5. The lowest BCUT2D eigenvalue weighted by atomic mass is 10.1. The van der Waals surface area contributed by atoms with Gasteiger partial charge < -0.3 is 19.4 Å². The Morgan fingerprint density at radius 2 is 2.33 bits per heavy atom.